The highest BCUT2D eigenvalue weighted by atomic mass is 35.5. The Hall–Kier alpha value is -1.70. The molecule has 0 bridgehead atoms. The fourth-order valence-electron chi connectivity index (χ4n) is 3.37. The van der Waals surface area contributed by atoms with Gasteiger partial charge in [0.15, 0.2) is 5.58 Å². The summed E-state index contributed by atoms with van der Waals surface area (Å²) >= 11 is 11.4. The molecule has 0 amide bonds. The maximum Gasteiger partial charge on any atom is 0.270 e. The lowest BCUT2D eigenvalue weighted by Gasteiger charge is -2.31. The Morgan fingerprint density at radius 3 is 2.83 bits per heavy atom. The van der Waals surface area contributed by atoms with Gasteiger partial charge in [-0.25, -0.2) is 0 Å². The number of aromatic nitrogens is 4. The molecule has 0 spiro atoms. The molecule has 6 nitrogen and oxygen atoms in total. The number of hydrogen-bond acceptors (Lipinski definition) is 5. The smallest absolute Gasteiger partial charge is 0.270 e. The van der Waals surface area contributed by atoms with Gasteiger partial charge in [0, 0.05) is 37.1 Å². The summed E-state index contributed by atoms with van der Waals surface area (Å²) in [5, 5.41) is 8.89. The Labute approximate surface area is 149 Å². The van der Waals surface area contributed by atoms with E-state index in [-0.39, 0.29) is 0 Å². The van der Waals surface area contributed by atoms with E-state index in [0.29, 0.717) is 15.8 Å². The van der Waals surface area contributed by atoms with Gasteiger partial charge in [-0.15, -0.1) is 10.2 Å². The molecule has 1 aromatic carbocycles. The normalized spacial score (nSPS) is 16.9. The van der Waals surface area contributed by atoms with Gasteiger partial charge in [-0.05, 0) is 37.2 Å². The summed E-state index contributed by atoms with van der Waals surface area (Å²) in [7, 11) is 2.00. The van der Waals surface area contributed by atoms with Crippen molar-refractivity contribution >= 4 is 34.9 Å². The lowest BCUT2D eigenvalue weighted by molar-refractivity contribution is 0.165. The summed E-state index contributed by atoms with van der Waals surface area (Å²) < 4.78 is 9.71. The predicted octanol–water partition coefficient (Wildman–Crippen LogP) is 3.58. The molecular weight excluding hydrogens is 346 g/mol. The number of benzene rings is 1. The summed E-state index contributed by atoms with van der Waals surface area (Å²) in [6, 6.07) is 5.64. The quantitative estimate of drug-likeness (QED) is 0.666. The lowest BCUT2D eigenvalue weighted by atomic mass is 9.96. The largest absolute Gasteiger partial charge is 0.429 e. The molecule has 1 saturated heterocycles. The van der Waals surface area contributed by atoms with Gasteiger partial charge in [0.05, 0.1) is 12.2 Å². The van der Waals surface area contributed by atoms with Crippen molar-refractivity contribution in [2.24, 2.45) is 7.05 Å². The van der Waals surface area contributed by atoms with Crippen LogP contribution in [0.5, 0.6) is 0 Å². The molecule has 0 aliphatic carbocycles. The summed E-state index contributed by atoms with van der Waals surface area (Å²) in [4.78, 5) is 2.88. The zero-order valence-electron chi connectivity index (χ0n) is 13.4. The van der Waals surface area contributed by atoms with Crippen molar-refractivity contribution in [1.29, 1.82) is 0 Å². The topological polar surface area (TPSA) is 52.0 Å². The van der Waals surface area contributed by atoms with Crippen molar-refractivity contribution < 1.29 is 4.42 Å². The highest BCUT2D eigenvalue weighted by Gasteiger charge is 2.24. The Morgan fingerprint density at radius 2 is 2.12 bits per heavy atom. The third-order valence-corrected chi connectivity index (χ3v) is 5.21. The Kier molecular flexibility index (Phi) is 4.15. The van der Waals surface area contributed by atoms with Crippen LogP contribution in [0.2, 0.25) is 5.02 Å². The number of aryl methyl sites for hydroxylation is 1. The lowest BCUT2D eigenvalue weighted by Crippen LogP contribution is -2.35. The first-order chi connectivity index (χ1) is 11.6. The van der Waals surface area contributed by atoms with E-state index >= 15 is 0 Å². The van der Waals surface area contributed by atoms with Crippen LogP contribution >= 0.6 is 23.8 Å². The van der Waals surface area contributed by atoms with E-state index in [4.69, 9.17) is 28.2 Å². The number of fused-ring (bicyclic) bond motifs is 1. The third kappa shape index (κ3) is 2.87. The molecule has 126 valence electrons. The second-order valence-corrected chi connectivity index (χ2v) is 7.03. The van der Waals surface area contributed by atoms with E-state index in [9.17, 15) is 0 Å². The van der Waals surface area contributed by atoms with Gasteiger partial charge in [-0.1, -0.05) is 11.6 Å². The molecule has 0 N–H and O–H groups in total. The van der Waals surface area contributed by atoms with Gasteiger partial charge in [0.25, 0.3) is 4.84 Å². The fraction of sp³-hybridized carbons (Fsp3) is 0.438. The van der Waals surface area contributed by atoms with Crippen molar-refractivity contribution in [2.45, 2.75) is 25.4 Å². The van der Waals surface area contributed by atoms with E-state index in [0.717, 1.165) is 49.5 Å². The number of rotatable bonds is 3. The van der Waals surface area contributed by atoms with Gasteiger partial charge in [0.2, 0.25) is 0 Å². The van der Waals surface area contributed by atoms with Crippen LogP contribution in [-0.2, 0) is 13.7 Å². The van der Waals surface area contributed by atoms with Crippen LogP contribution in [0.15, 0.2) is 28.9 Å². The summed E-state index contributed by atoms with van der Waals surface area (Å²) in [6.45, 7) is 2.73. The van der Waals surface area contributed by atoms with Gasteiger partial charge in [0.1, 0.15) is 12.2 Å². The molecule has 2 aromatic heterocycles. The van der Waals surface area contributed by atoms with Gasteiger partial charge < -0.3 is 8.98 Å². The standard InChI is InChI=1S/C16H18ClN5OS/c1-20-9-18-19-15(20)11-4-6-21(7-5-11)10-22-13-3-2-12(17)8-14(13)23-16(22)24/h2-3,8-9,11H,4-7,10H2,1H3. The van der Waals surface area contributed by atoms with E-state index < -0.39 is 0 Å². The van der Waals surface area contributed by atoms with Crippen LogP contribution in [0.3, 0.4) is 0 Å². The van der Waals surface area contributed by atoms with Crippen molar-refractivity contribution in [3.8, 4) is 0 Å². The van der Waals surface area contributed by atoms with Crippen LogP contribution in [0.1, 0.15) is 24.6 Å². The van der Waals surface area contributed by atoms with E-state index in [2.05, 4.69) is 15.1 Å². The second kappa shape index (κ2) is 6.31. The molecule has 0 saturated carbocycles. The predicted molar refractivity (Wildman–Crippen MR) is 94.6 cm³/mol. The van der Waals surface area contributed by atoms with Crippen molar-refractivity contribution in [1.82, 2.24) is 24.2 Å². The Morgan fingerprint density at radius 1 is 1.33 bits per heavy atom. The van der Waals surface area contributed by atoms with E-state index in [1.807, 2.05) is 34.4 Å². The molecule has 0 atom stereocenters. The number of nitrogens with zero attached hydrogens (tertiary/aromatic N) is 5. The average molecular weight is 364 g/mol. The van der Waals surface area contributed by atoms with Gasteiger partial charge >= 0.3 is 0 Å². The number of halogens is 1. The fourth-order valence-corrected chi connectivity index (χ4v) is 3.78. The number of hydrogen-bond donors (Lipinski definition) is 0. The van der Waals surface area contributed by atoms with Crippen LogP contribution in [0.25, 0.3) is 11.1 Å². The van der Waals surface area contributed by atoms with Crippen LogP contribution < -0.4 is 0 Å². The molecule has 3 aromatic rings. The molecule has 3 heterocycles. The van der Waals surface area contributed by atoms with Crippen LogP contribution in [-0.4, -0.2) is 37.3 Å². The molecular formula is C16H18ClN5OS. The first-order valence-corrected chi connectivity index (χ1v) is 8.75. The van der Waals surface area contributed by atoms with Crippen molar-refractivity contribution in [3.63, 3.8) is 0 Å². The highest BCUT2D eigenvalue weighted by molar-refractivity contribution is 7.71. The molecule has 0 radical (unpaired) electrons. The third-order valence-electron chi connectivity index (χ3n) is 4.67. The number of piperidine rings is 1. The molecule has 24 heavy (non-hydrogen) atoms. The van der Waals surface area contributed by atoms with Gasteiger partial charge in [-0.2, -0.15) is 0 Å². The molecule has 1 aliphatic heterocycles. The van der Waals surface area contributed by atoms with Gasteiger partial charge in [-0.3, -0.25) is 9.47 Å². The Balaban J connectivity index is 1.49. The molecule has 8 heteroatoms. The summed E-state index contributed by atoms with van der Waals surface area (Å²) in [5.41, 5.74) is 1.72. The number of oxazole rings is 1. The first-order valence-electron chi connectivity index (χ1n) is 7.97. The van der Waals surface area contributed by atoms with Crippen LogP contribution in [0.4, 0.5) is 0 Å². The minimum Gasteiger partial charge on any atom is -0.429 e. The average Bonchev–Trinajstić information content (AvgIpc) is 3.12. The molecule has 4 rings (SSSR count). The first kappa shape index (κ1) is 15.8. The zero-order chi connectivity index (χ0) is 16.7. The van der Waals surface area contributed by atoms with Crippen LogP contribution in [0, 0.1) is 4.84 Å². The Bertz CT molecular complexity index is 922. The monoisotopic (exact) mass is 363 g/mol. The summed E-state index contributed by atoms with van der Waals surface area (Å²) in [5.74, 6) is 1.55. The maximum atomic E-state index is 6.02. The highest BCUT2D eigenvalue weighted by Crippen LogP contribution is 2.27. The van der Waals surface area contributed by atoms with Crippen molar-refractivity contribution in [3.05, 3.63) is 40.2 Å². The minimum atomic E-state index is 0.474. The summed E-state index contributed by atoms with van der Waals surface area (Å²) in [6.07, 6.45) is 3.91. The molecule has 0 unspecified atom stereocenters. The van der Waals surface area contributed by atoms with E-state index in [1.54, 1.807) is 6.33 Å². The molecule has 1 fully saturated rings. The number of likely N-dealkylation sites (tertiary alicyclic amines) is 1. The van der Waals surface area contributed by atoms with Crippen molar-refractivity contribution in [2.75, 3.05) is 13.1 Å². The van der Waals surface area contributed by atoms with E-state index in [1.165, 1.54) is 0 Å². The molecule has 1 aliphatic rings. The minimum absolute atomic E-state index is 0.474. The second-order valence-electron chi connectivity index (χ2n) is 6.24. The SMILES string of the molecule is Cn1cnnc1C1CCN(Cn2c(=S)oc3cc(Cl)ccc32)CC1. The zero-order valence-corrected chi connectivity index (χ0v) is 14.9. The maximum absolute atomic E-state index is 6.02.